The van der Waals surface area contributed by atoms with E-state index in [1.54, 1.807) is 6.07 Å². The molecule has 1 aromatic heterocycles. The van der Waals surface area contributed by atoms with Crippen LogP contribution in [0.3, 0.4) is 0 Å². The van der Waals surface area contributed by atoms with Crippen LogP contribution in [0.5, 0.6) is 5.75 Å². The summed E-state index contributed by atoms with van der Waals surface area (Å²) in [6.45, 7) is 0. The molecule has 0 amide bonds. The zero-order chi connectivity index (χ0) is 11.7. The van der Waals surface area contributed by atoms with Gasteiger partial charge in [0.25, 0.3) is 5.78 Å². The highest BCUT2D eigenvalue weighted by molar-refractivity contribution is 6.41. The van der Waals surface area contributed by atoms with E-state index >= 15 is 0 Å². The Balaban J connectivity index is 2.69. The summed E-state index contributed by atoms with van der Waals surface area (Å²) in [6, 6.07) is 4.53. The molecule has 0 aliphatic rings. The molecule has 16 heavy (non-hydrogen) atoms. The minimum absolute atomic E-state index is 0.0175. The fourth-order valence-electron chi connectivity index (χ4n) is 1.53. The quantitative estimate of drug-likeness (QED) is 0.629. The second-order valence-corrected chi connectivity index (χ2v) is 3.11. The monoisotopic (exact) mass is 220 g/mol. The minimum Gasteiger partial charge on any atom is -0.495 e. The topological polar surface area (TPSA) is 76.7 Å². The molecule has 0 unspecified atom stereocenters. The SMILES string of the molecule is COc1c(C(=O)C(=O)O)ccc2occc12. The fourth-order valence-corrected chi connectivity index (χ4v) is 1.53. The van der Waals surface area contributed by atoms with Gasteiger partial charge in [0, 0.05) is 0 Å². The predicted molar refractivity (Wildman–Crippen MR) is 54.7 cm³/mol. The molecule has 0 bridgehead atoms. The molecule has 2 rings (SSSR count). The van der Waals surface area contributed by atoms with Gasteiger partial charge in [-0.05, 0) is 18.2 Å². The van der Waals surface area contributed by atoms with Gasteiger partial charge in [-0.15, -0.1) is 0 Å². The van der Waals surface area contributed by atoms with Crippen LogP contribution >= 0.6 is 0 Å². The van der Waals surface area contributed by atoms with Crippen LogP contribution in [0.2, 0.25) is 0 Å². The number of hydrogen-bond donors (Lipinski definition) is 1. The van der Waals surface area contributed by atoms with Gasteiger partial charge in [0.15, 0.2) is 0 Å². The predicted octanol–water partition coefficient (Wildman–Crippen LogP) is 1.71. The van der Waals surface area contributed by atoms with E-state index < -0.39 is 11.8 Å². The molecule has 5 nitrogen and oxygen atoms in total. The van der Waals surface area contributed by atoms with E-state index in [2.05, 4.69) is 0 Å². The van der Waals surface area contributed by atoms with Crippen LogP contribution in [0.1, 0.15) is 10.4 Å². The number of aliphatic carboxylic acids is 1. The summed E-state index contributed by atoms with van der Waals surface area (Å²) in [5, 5.41) is 9.23. The van der Waals surface area contributed by atoms with Crippen LogP contribution in [-0.2, 0) is 4.79 Å². The number of fused-ring (bicyclic) bond motifs is 1. The molecular weight excluding hydrogens is 212 g/mol. The number of ketones is 1. The van der Waals surface area contributed by atoms with Crippen LogP contribution in [-0.4, -0.2) is 24.0 Å². The lowest BCUT2D eigenvalue weighted by atomic mass is 10.1. The van der Waals surface area contributed by atoms with Gasteiger partial charge in [-0.1, -0.05) is 0 Å². The Bertz CT molecular complexity index is 567. The van der Waals surface area contributed by atoms with Crippen LogP contribution in [0.25, 0.3) is 11.0 Å². The van der Waals surface area contributed by atoms with E-state index in [0.717, 1.165) is 0 Å². The number of benzene rings is 1. The summed E-state index contributed by atoms with van der Waals surface area (Å²) < 4.78 is 10.2. The van der Waals surface area contributed by atoms with E-state index in [1.807, 2.05) is 0 Å². The summed E-state index contributed by atoms with van der Waals surface area (Å²) in [7, 11) is 1.38. The number of carbonyl (C=O) groups is 2. The number of rotatable bonds is 3. The number of ether oxygens (including phenoxy) is 1. The molecule has 1 N–H and O–H groups in total. The zero-order valence-electron chi connectivity index (χ0n) is 8.39. The van der Waals surface area contributed by atoms with Gasteiger partial charge < -0.3 is 14.3 Å². The van der Waals surface area contributed by atoms with Crippen LogP contribution in [0, 0.1) is 0 Å². The highest BCUT2D eigenvalue weighted by atomic mass is 16.5. The Kier molecular flexibility index (Phi) is 2.36. The van der Waals surface area contributed by atoms with Gasteiger partial charge in [-0.25, -0.2) is 4.79 Å². The van der Waals surface area contributed by atoms with Crippen molar-refractivity contribution in [1.29, 1.82) is 0 Å². The number of carboxylic acids is 1. The molecule has 82 valence electrons. The number of Topliss-reactive ketones (excluding diaryl/α,β-unsaturated/α-hetero) is 1. The largest absolute Gasteiger partial charge is 0.495 e. The molecule has 1 aromatic carbocycles. The van der Waals surface area contributed by atoms with Crippen molar-refractivity contribution in [3.8, 4) is 5.75 Å². The molecule has 0 radical (unpaired) electrons. The van der Waals surface area contributed by atoms with Crippen LogP contribution < -0.4 is 4.74 Å². The normalized spacial score (nSPS) is 10.3. The standard InChI is InChI=1S/C11H8O5/c1-15-10-6-4-5-16-8(6)3-2-7(10)9(12)11(13)14/h2-5H,1H3,(H,13,14). The van der Waals surface area contributed by atoms with E-state index in [0.29, 0.717) is 11.0 Å². The van der Waals surface area contributed by atoms with Gasteiger partial charge >= 0.3 is 5.97 Å². The van der Waals surface area contributed by atoms with E-state index in [-0.39, 0.29) is 11.3 Å². The number of methoxy groups -OCH3 is 1. The molecule has 2 aromatic rings. The third-order valence-corrected chi connectivity index (χ3v) is 2.23. The molecule has 0 saturated carbocycles. The van der Waals surface area contributed by atoms with Crippen molar-refractivity contribution in [1.82, 2.24) is 0 Å². The molecular formula is C11H8O5. The van der Waals surface area contributed by atoms with E-state index in [4.69, 9.17) is 14.3 Å². The van der Waals surface area contributed by atoms with Gasteiger partial charge in [0.1, 0.15) is 11.3 Å². The third-order valence-electron chi connectivity index (χ3n) is 2.23. The summed E-state index contributed by atoms with van der Waals surface area (Å²) in [4.78, 5) is 22.0. The van der Waals surface area contributed by atoms with Crippen molar-refractivity contribution in [2.45, 2.75) is 0 Å². The van der Waals surface area contributed by atoms with Crippen molar-refractivity contribution in [2.75, 3.05) is 7.11 Å². The lowest BCUT2D eigenvalue weighted by Gasteiger charge is -2.05. The Morgan fingerprint density at radius 1 is 1.31 bits per heavy atom. The summed E-state index contributed by atoms with van der Waals surface area (Å²) >= 11 is 0. The summed E-state index contributed by atoms with van der Waals surface area (Å²) in [6.07, 6.45) is 1.45. The lowest BCUT2D eigenvalue weighted by molar-refractivity contribution is -0.131. The number of hydrogen-bond acceptors (Lipinski definition) is 4. The van der Waals surface area contributed by atoms with Crippen LogP contribution in [0.4, 0.5) is 0 Å². The average Bonchev–Trinajstić information content (AvgIpc) is 2.74. The van der Waals surface area contributed by atoms with Crippen molar-refractivity contribution >= 4 is 22.7 Å². The number of carbonyl (C=O) groups excluding carboxylic acids is 1. The molecule has 0 aliphatic carbocycles. The first-order valence-electron chi connectivity index (χ1n) is 4.47. The third kappa shape index (κ3) is 1.42. The first-order chi connectivity index (χ1) is 7.65. The Morgan fingerprint density at radius 2 is 2.06 bits per heavy atom. The number of furan rings is 1. The smallest absolute Gasteiger partial charge is 0.377 e. The first kappa shape index (κ1) is 10.2. The molecule has 0 aliphatic heterocycles. The fraction of sp³-hybridized carbons (Fsp3) is 0.0909. The second-order valence-electron chi connectivity index (χ2n) is 3.11. The second kappa shape index (κ2) is 3.69. The molecule has 5 heteroatoms. The molecule has 0 atom stereocenters. The van der Waals surface area contributed by atoms with Gasteiger partial charge in [-0.3, -0.25) is 4.79 Å². The lowest BCUT2D eigenvalue weighted by Crippen LogP contribution is -2.13. The van der Waals surface area contributed by atoms with Gasteiger partial charge in [0.2, 0.25) is 0 Å². The zero-order valence-corrected chi connectivity index (χ0v) is 8.39. The Hall–Kier alpha value is -2.30. The maximum atomic E-state index is 11.4. The number of carboxylic acid groups (broad SMARTS) is 1. The van der Waals surface area contributed by atoms with Gasteiger partial charge in [0.05, 0.1) is 24.3 Å². The van der Waals surface area contributed by atoms with Crippen molar-refractivity contribution in [3.05, 3.63) is 30.0 Å². The van der Waals surface area contributed by atoms with Crippen molar-refractivity contribution in [3.63, 3.8) is 0 Å². The van der Waals surface area contributed by atoms with Crippen molar-refractivity contribution < 1.29 is 23.8 Å². The van der Waals surface area contributed by atoms with E-state index in [1.165, 1.54) is 25.5 Å². The molecule has 1 heterocycles. The maximum absolute atomic E-state index is 11.4. The molecule has 0 fully saturated rings. The maximum Gasteiger partial charge on any atom is 0.377 e. The molecule has 0 spiro atoms. The molecule has 0 saturated heterocycles. The average molecular weight is 220 g/mol. The van der Waals surface area contributed by atoms with Gasteiger partial charge in [-0.2, -0.15) is 0 Å². The summed E-state index contributed by atoms with van der Waals surface area (Å²) in [5.74, 6) is -2.29. The highest BCUT2D eigenvalue weighted by Crippen LogP contribution is 2.30. The van der Waals surface area contributed by atoms with E-state index in [9.17, 15) is 9.59 Å². The summed E-state index contributed by atoms with van der Waals surface area (Å²) in [5.41, 5.74) is 0.558. The Morgan fingerprint density at radius 3 is 2.69 bits per heavy atom. The highest BCUT2D eigenvalue weighted by Gasteiger charge is 2.21. The Labute approximate surface area is 90.2 Å². The minimum atomic E-state index is -1.51. The van der Waals surface area contributed by atoms with Crippen molar-refractivity contribution in [2.24, 2.45) is 0 Å². The first-order valence-corrected chi connectivity index (χ1v) is 4.47. The van der Waals surface area contributed by atoms with Crippen LogP contribution in [0.15, 0.2) is 28.9 Å².